The number of ether oxygens (including phenoxy) is 1. The van der Waals surface area contributed by atoms with E-state index in [0.717, 1.165) is 5.56 Å². The van der Waals surface area contributed by atoms with Gasteiger partial charge in [-0.2, -0.15) is 0 Å². The Labute approximate surface area is 161 Å². The van der Waals surface area contributed by atoms with Crippen molar-refractivity contribution in [1.29, 1.82) is 0 Å². The minimum atomic E-state index is -2.14. The van der Waals surface area contributed by atoms with E-state index in [2.05, 4.69) is 5.32 Å². The molecule has 6 atom stereocenters. The van der Waals surface area contributed by atoms with E-state index < -0.39 is 54.5 Å². The average Bonchev–Trinajstić information content (AvgIpc) is 2.68. The van der Waals surface area contributed by atoms with E-state index in [9.17, 15) is 30.0 Å². The summed E-state index contributed by atoms with van der Waals surface area (Å²) in [5, 5.41) is 52.7. The van der Waals surface area contributed by atoms with Gasteiger partial charge >= 0.3 is 5.97 Å². The molecule has 1 aliphatic carbocycles. The first-order chi connectivity index (χ1) is 13.1. The lowest BCUT2D eigenvalue weighted by Gasteiger charge is -2.49. The van der Waals surface area contributed by atoms with Gasteiger partial charge in [-0.15, -0.1) is 0 Å². The van der Waals surface area contributed by atoms with Crippen LogP contribution in [0.15, 0.2) is 18.2 Å². The molecule has 9 nitrogen and oxygen atoms in total. The summed E-state index contributed by atoms with van der Waals surface area (Å²) >= 11 is 0. The van der Waals surface area contributed by atoms with Crippen LogP contribution >= 0.6 is 0 Å². The summed E-state index contributed by atoms with van der Waals surface area (Å²) in [4.78, 5) is 22.9. The van der Waals surface area contributed by atoms with Crippen molar-refractivity contribution >= 4 is 11.9 Å². The van der Waals surface area contributed by atoms with Crippen molar-refractivity contribution in [1.82, 2.24) is 5.32 Å². The Balaban J connectivity index is 1.94. The Kier molecular flexibility index (Phi) is 5.74. The van der Waals surface area contributed by atoms with Gasteiger partial charge in [-0.25, -0.2) is 0 Å². The molecule has 0 radical (unpaired) electrons. The Bertz CT molecular complexity index is 768. The highest BCUT2D eigenvalue weighted by atomic mass is 16.7. The second-order valence-corrected chi connectivity index (χ2v) is 7.44. The van der Waals surface area contributed by atoms with Crippen molar-refractivity contribution in [3.8, 4) is 0 Å². The number of benzene rings is 1. The molecule has 0 saturated carbocycles. The van der Waals surface area contributed by atoms with Gasteiger partial charge in [0.25, 0.3) is 5.91 Å². The van der Waals surface area contributed by atoms with Crippen molar-refractivity contribution < 1.29 is 39.9 Å². The Morgan fingerprint density at radius 2 is 1.96 bits per heavy atom. The molecule has 1 heterocycles. The fourth-order valence-electron chi connectivity index (χ4n) is 4.06. The fraction of sp³-hybridized carbons (Fsp3) is 0.579. The summed E-state index contributed by atoms with van der Waals surface area (Å²) in [5.41, 5.74) is 1.67. The van der Waals surface area contributed by atoms with Crippen LogP contribution in [0.1, 0.15) is 47.2 Å². The zero-order valence-electron chi connectivity index (χ0n) is 15.4. The second-order valence-electron chi connectivity index (χ2n) is 7.44. The number of carboxylic acids is 1. The molecule has 0 unspecified atom stereocenters. The molecule has 2 aliphatic rings. The molecular formula is C19H25NO8. The third-order valence-corrected chi connectivity index (χ3v) is 5.57. The Morgan fingerprint density at radius 3 is 2.64 bits per heavy atom. The number of fused-ring (bicyclic) bond motifs is 1. The van der Waals surface area contributed by atoms with Crippen molar-refractivity contribution in [2.24, 2.45) is 0 Å². The number of amides is 1. The summed E-state index contributed by atoms with van der Waals surface area (Å²) in [6, 6.07) is 4.85. The van der Waals surface area contributed by atoms with Crippen LogP contribution in [-0.4, -0.2) is 74.2 Å². The van der Waals surface area contributed by atoms with Crippen LogP contribution in [0, 0.1) is 0 Å². The van der Waals surface area contributed by atoms with Crippen molar-refractivity contribution in [2.45, 2.75) is 62.3 Å². The van der Waals surface area contributed by atoms with Gasteiger partial charge in [-0.05, 0) is 49.4 Å². The molecule has 154 valence electrons. The van der Waals surface area contributed by atoms with Gasteiger partial charge in [-0.3, -0.25) is 9.59 Å². The molecule has 3 rings (SSSR count). The third kappa shape index (κ3) is 3.63. The number of aliphatic hydroxyl groups excluding tert-OH is 3. The summed E-state index contributed by atoms with van der Waals surface area (Å²) in [5.74, 6) is -4.61. The van der Waals surface area contributed by atoms with Crippen LogP contribution in [0.3, 0.4) is 0 Å². The normalized spacial score (nSPS) is 35.1. The maximum absolute atomic E-state index is 12.2. The zero-order chi connectivity index (χ0) is 20.6. The fourth-order valence-corrected chi connectivity index (χ4v) is 4.06. The first kappa shape index (κ1) is 20.7. The standard InChI is InChI=1S/C19H25NO8/c1-9-15(23)16(24)17(25)19(27,28-9)13-4-2-3-10-5-6-11(7-12(10)13)18(26)20-8-14(21)22/h5-7,9,13,15-17,23-25,27H,2-4,8H2,1H3,(H,20,26)(H,21,22)/t9-,13+,15+,16+,17-,19+/m0/s1. The largest absolute Gasteiger partial charge is 0.480 e. The van der Waals surface area contributed by atoms with Crippen molar-refractivity contribution in [3.63, 3.8) is 0 Å². The summed E-state index contributed by atoms with van der Waals surface area (Å²) < 4.78 is 5.56. The summed E-state index contributed by atoms with van der Waals surface area (Å²) in [6.07, 6.45) is -3.72. The van der Waals surface area contributed by atoms with Gasteiger partial charge in [-0.1, -0.05) is 6.07 Å². The molecule has 0 aromatic heterocycles. The molecule has 0 bridgehead atoms. The highest BCUT2D eigenvalue weighted by Gasteiger charge is 2.56. The first-order valence-electron chi connectivity index (χ1n) is 9.22. The van der Waals surface area contributed by atoms with Crippen molar-refractivity contribution in [2.75, 3.05) is 6.54 Å². The van der Waals surface area contributed by atoms with Gasteiger partial charge in [0.15, 0.2) is 0 Å². The zero-order valence-corrected chi connectivity index (χ0v) is 15.4. The summed E-state index contributed by atoms with van der Waals surface area (Å²) in [7, 11) is 0. The molecule has 1 aromatic rings. The van der Waals surface area contributed by atoms with E-state index >= 15 is 0 Å². The van der Waals surface area contributed by atoms with Crippen LogP contribution < -0.4 is 5.32 Å². The van der Waals surface area contributed by atoms with Gasteiger partial charge in [0, 0.05) is 11.5 Å². The molecule has 1 aromatic carbocycles. The summed E-state index contributed by atoms with van der Waals surface area (Å²) in [6.45, 7) is 0.969. The minimum absolute atomic E-state index is 0.217. The average molecular weight is 395 g/mol. The molecule has 1 saturated heterocycles. The topological polar surface area (TPSA) is 157 Å². The van der Waals surface area contributed by atoms with E-state index in [1.807, 2.05) is 0 Å². The molecule has 1 amide bonds. The number of carbonyl (C=O) groups is 2. The van der Waals surface area contributed by atoms with Gasteiger partial charge in [0.1, 0.15) is 24.9 Å². The molecular weight excluding hydrogens is 370 g/mol. The third-order valence-electron chi connectivity index (χ3n) is 5.57. The predicted octanol–water partition coefficient (Wildman–Crippen LogP) is -0.889. The van der Waals surface area contributed by atoms with E-state index in [-0.39, 0.29) is 5.56 Å². The lowest BCUT2D eigenvalue weighted by atomic mass is 9.73. The SMILES string of the molecule is C[C@@H]1O[C@](O)([C@@H]2CCCc3ccc(C(=O)NCC(=O)O)cc32)[C@@H](O)[C@H](O)[C@@H]1O. The van der Waals surface area contributed by atoms with E-state index in [1.165, 1.54) is 6.92 Å². The van der Waals surface area contributed by atoms with Crippen LogP contribution in [0.25, 0.3) is 0 Å². The van der Waals surface area contributed by atoms with Crippen molar-refractivity contribution in [3.05, 3.63) is 34.9 Å². The van der Waals surface area contributed by atoms with Crippen LogP contribution in [0.5, 0.6) is 0 Å². The van der Waals surface area contributed by atoms with E-state index in [4.69, 9.17) is 9.84 Å². The molecule has 9 heteroatoms. The van der Waals surface area contributed by atoms with Crippen LogP contribution in [-0.2, 0) is 16.0 Å². The Morgan fingerprint density at radius 1 is 1.25 bits per heavy atom. The lowest BCUT2D eigenvalue weighted by Crippen LogP contribution is -2.66. The van der Waals surface area contributed by atoms with E-state index in [1.54, 1.807) is 18.2 Å². The number of hydrogen-bond acceptors (Lipinski definition) is 7. The van der Waals surface area contributed by atoms with Crippen LogP contribution in [0.4, 0.5) is 0 Å². The maximum atomic E-state index is 12.2. The minimum Gasteiger partial charge on any atom is -0.480 e. The number of rotatable bonds is 4. The van der Waals surface area contributed by atoms with Crippen LogP contribution in [0.2, 0.25) is 0 Å². The highest BCUT2D eigenvalue weighted by Crippen LogP contribution is 2.45. The maximum Gasteiger partial charge on any atom is 0.322 e. The number of carboxylic acid groups (broad SMARTS) is 1. The molecule has 1 aliphatic heterocycles. The number of carbonyl (C=O) groups excluding carboxylic acids is 1. The van der Waals surface area contributed by atoms with Gasteiger partial charge < -0.3 is 35.6 Å². The number of aliphatic hydroxyl groups is 4. The number of nitrogens with one attached hydrogen (secondary N) is 1. The van der Waals surface area contributed by atoms with E-state index in [0.29, 0.717) is 24.8 Å². The number of aliphatic carboxylic acids is 1. The Hall–Kier alpha value is -2.04. The lowest BCUT2D eigenvalue weighted by molar-refractivity contribution is -0.352. The molecule has 28 heavy (non-hydrogen) atoms. The van der Waals surface area contributed by atoms with Gasteiger partial charge in [0.05, 0.1) is 6.10 Å². The monoisotopic (exact) mass is 395 g/mol. The molecule has 0 spiro atoms. The second kappa shape index (κ2) is 7.76. The number of hydrogen-bond donors (Lipinski definition) is 6. The van der Waals surface area contributed by atoms with Gasteiger partial charge in [0.2, 0.25) is 5.79 Å². The quantitative estimate of drug-likeness (QED) is 0.383. The smallest absolute Gasteiger partial charge is 0.322 e. The number of aryl methyl sites for hydroxylation is 1. The predicted molar refractivity (Wildman–Crippen MR) is 95.6 cm³/mol. The first-order valence-corrected chi connectivity index (χ1v) is 9.22. The molecule has 6 N–H and O–H groups in total. The molecule has 1 fully saturated rings. The highest BCUT2D eigenvalue weighted by molar-refractivity contribution is 5.96.